The molecular formula is C23H26O3. The average Bonchev–Trinajstić information content (AvgIpc) is 2.69. The standard InChI is InChI=1S/C23H26O3/c1-3-17-25-22-13-7-19(8-14-22)5-11-21(24)12-6-20-9-15-23(16-10-20)26-18-4-2/h3-4,7-10,13-18H,5-6,11-12H2,1-2H3. The molecule has 0 heterocycles. The summed E-state index contributed by atoms with van der Waals surface area (Å²) in [6, 6.07) is 15.7. The van der Waals surface area contributed by atoms with Gasteiger partial charge in [-0.15, -0.1) is 0 Å². The summed E-state index contributed by atoms with van der Waals surface area (Å²) in [5.41, 5.74) is 2.30. The van der Waals surface area contributed by atoms with E-state index in [1.54, 1.807) is 12.5 Å². The summed E-state index contributed by atoms with van der Waals surface area (Å²) in [5.74, 6) is 1.90. The summed E-state index contributed by atoms with van der Waals surface area (Å²) >= 11 is 0. The molecule has 0 aliphatic rings. The molecule has 0 radical (unpaired) electrons. The van der Waals surface area contributed by atoms with Crippen LogP contribution in [0.25, 0.3) is 0 Å². The van der Waals surface area contributed by atoms with Crippen LogP contribution in [0.2, 0.25) is 0 Å². The number of allylic oxidation sites excluding steroid dienone is 2. The van der Waals surface area contributed by atoms with Gasteiger partial charge in [-0.05, 0) is 62.1 Å². The number of benzene rings is 2. The summed E-state index contributed by atoms with van der Waals surface area (Å²) in [7, 11) is 0. The lowest BCUT2D eigenvalue weighted by Crippen LogP contribution is -2.02. The number of carbonyl (C=O) groups excluding carboxylic acids is 1. The molecule has 2 rings (SSSR count). The number of rotatable bonds is 10. The molecule has 3 heteroatoms. The molecule has 2 aromatic carbocycles. The number of ketones is 1. The van der Waals surface area contributed by atoms with Crippen LogP contribution < -0.4 is 9.47 Å². The lowest BCUT2D eigenvalue weighted by Gasteiger charge is -2.05. The van der Waals surface area contributed by atoms with Crippen LogP contribution in [-0.2, 0) is 17.6 Å². The van der Waals surface area contributed by atoms with Gasteiger partial charge in [0, 0.05) is 12.8 Å². The Morgan fingerprint density at radius 3 is 1.46 bits per heavy atom. The molecular weight excluding hydrogens is 324 g/mol. The normalized spacial score (nSPS) is 11.2. The molecule has 0 aromatic heterocycles. The van der Waals surface area contributed by atoms with Crippen molar-refractivity contribution in [2.75, 3.05) is 0 Å². The zero-order valence-corrected chi connectivity index (χ0v) is 15.5. The second kappa shape index (κ2) is 10.9. The van der Waals surface area contributed by atoms with Crippen LogP contribution in [0.3, 0.4) is 0 Å². The first kappa shape index (κ1) is 19.5. The molecule has 0 aliphatic carbocycles. The molecule has 2 aromatic rings. The summed E-state index contributed by atoms with van der Waals surface area (Å²) in [6.45, 7) is 3.82. The minimum Gasteiger partial charge on any atom is -0.465 e. The van der Waals surface area contributed by atoms with Crippen LogP contribution in [-0.4, -0.2) is 5.78 Å². The van der Waals surface area contributed by atoms with Gasteiger partial charge in [0.2, 0.25) is 0 Å². The van der Waals surface area contributed by atoms with Crippen LogP contribution in [0, 0.1) is 0 Å². The molecule has 0 atom stereocenters. The smallest absolute Gasteiger partial charge is 0.133 e. The first-order chi connectivity index (χ1) is 12.7. The second-order valence-corrected chi connectivity index (χ2v) is 6.00. The molecule has 0 spiro atoms. The maximum atomic E-state index is 12.1. The lowest BCUT2D eigenvalue weighted by atomic mass is 10.0. The van der Waals surface area contributed by atoms with E-state index in [9.17, 15) is 4.79 Å². The quantitative estimate of drug-likeness (QED) is 0.520. The van der Waals surface area contributed by atoms with Crippen LogP contribution in [0.5, 0.6) is 11.5 Å². The molecule has 0 saturated heterocycles. The van der Waals surface area contributed by atoms with Gasteiger partial charge in [0.05, 0.1) is 12.5 Å². The van der Waals surface area contributed by atoms with Gasteiger partial charge < -0.3 is 9.47 Å². The minimum absolute atomic E-state index is 0.286. The highest BCUT2D eigenvalue weighted by Crippen LogP contribution is 2.16. The third-order valence-corrected chi connectivity index (χ3v) is 3.91. The SMILES string of the molecule is CC=COc1ccc(CCC(=O)CCc2ccc(OC=CC)cc2)cc1. The Kier molecular flexibility index (Phi) is 8.20. The largest absolute Gasteiger partial charge is 0.465 e. The molecule has 0 fully saturated rings. The van der Waals surface area contributed by atoms with Gasteiger partial charge in [-0.3, -0.25) is 4.79 Å². The Balaban J connectivity index is 1.73. The number of carbonyl (C=O) groups is 1. The first-order valence-electron chi connectivity index (χ1n) is 8.96. The molecule has 26 heavy (non-hydrogen) atoms. The van der Waals surface area contributed by atoms with E-state index in [1.807, 2.05) is 74.5 Å². The van der Waals surface area contributed by atoms with Crippen LogP contribution >= 0.6 is 0 Å². The Labute approximate surface area is 156 Å². The van der Waals surface area contributed by atoms with Crippen molar-refractivity contribution in [3.63, 3.8) is 0 Å². The topological polar surface area (TPSA) is 35.5 Å². The Bertz CT molecular complexity index is 662. The van der Waals surface area contributed by atoms with Gasteiger partial charge in [-0.1, -0.05) is 36.4 Å². The molecule has 3 nitrogen and oxygen atoms in total. The highest BCUT2D eigenvalue weighted by Gasteiger charge is 2.05. The fourth-order valence-corrected chi connectivity index (χ4v) is 2.46. The fourth-order valence-electron chi connectivity index (χ4n) is 2.46. The molecule has 0 amide bonds. The molecule has 0 saturated carbocycles. The number of hydrogen-bond donors (Lipinski definition) is 0. The predicted octanol–water partition coefficient (Wildman–Crippen LogP) is 5.65. The van der Waals surface area contributed by atoms with Crippen LogP contribution in [0.1, 0.15) is 37.8 Å². The van der Waals surface area contributed by atoms with E-state index in [0.29, 0.717) is 12.8 Å². The first-order valence-corrected chi connectivity index (χ1v) is 8.96. The minimum atomic E-state index is 0.286. The number of hydrogen-bond acceptors (Lipinski definition) is 3. The third kappa shape index (κ3) is 6.98. The lowest BCUT2D eigenvalue weighted by molar-refractivity contribution is -0.119. The van der Waals surface area contributed by atoms with Crippen molar-refractivity contribution >= 4 is 5.78 Å². The molecule has 0 bridgehead atoms. The number of ether oxygens (including phenoxy) is 2. The van der Waals surface area contributed by atoms with E-state index >= 15 is 0 Å². The zero-order valence-electron chi connectivity index (χ0n) is 15.5. The van der Waals surface area contributed by atoms with Gasteiger partial charge in [0.1, 0.15) is 17.3 Å². The van der Waals surface area contributed by atoms with Gasteiger partial charge in [-0.25, -0.2) is 0 Å². The van der Waals surface area contributed by atoms with Gasteiger partial charge in [0.25, 0.3) is 0 Å². The second-order valence-electron chi connectivity index (χ2n) is 6.00. The summed E-state index contributed by atoms with van der Waals surface area (Å²) in [5, 5.41) is 0. The Morgan fingerprint density at radius 1 is 0.731 bits per heavy atom. The molecule has 136 valence electrons. The highest BCUT2D eigenvalue weighted by molar-refractivity contribution is 5.78. The Hall–Kier alpha value is -2.81. The van der Waals surface area contributed by atoms with Crippen LogP contribution in [0.4, 0.5) is 0 Å². The third-order valence-electron chi connectivity index (χ3n) is 3.91. The molecule has 0 aliphatic heterocycles. The van der Waals surface area contributed by atoms with Crippen molar-refractivity contribution in [1.29, 1.82) is 0 Å². The van der Waals surface area contributed by atoms with E-state index in [1.165, 1.54) is 0 Å². The fraction of sp³-hybridized carbons (Fsp3) is 0.261. The van der Waals surface area contributed by atoms with Crippen molar-refractivity contribution < 1.29 is 14.3 Å². The van der Waals surface area contributed by atoms with E-state index in [4.69, 9.17) is 9.47 Å². The maximum Gasteiger partial charge on any atom is 0.133 e. The monoisotopic (exact) mass is 350 g/mol. The van der Waals surface area contributed by atoms with Crippen molar-refractivity contribution in [3.8, 4) is 11.5 Å². The number of Topliss-reactive ketones (excluding diaryl/α,β-unsaturated/α-hetero) is 1. The van der Waals surface area contributed by atoms with Crippen molar-refractivity contribution in [2.24, 2.45) is 0 Å². The zero-order chi connectivity index (χ0) is 18.6. The summed E-state index contributed by atoms with van der Waals surface area (Å²) < 4.78 is 10.8. The Morgan fingerprint density at radius 2 is 1.12 bits per heavy atom. The summed E-state index contributed by atoms with van der Waals surface area (Å²) in [4.78, 5) is 12.1. The molecule has 0 N–H and O–H groups in total. The van der Waals surface area contributed by atoms with Crippen molar-refractivity contribution in [3.05, 3.63) is 84.3 Å². The number of aryl methyl sites for hydroxylation is 2. The van der Waals surface area contributed by atoms with E-state index in [2.05, 4.69) is 0 Å². The summed E-state index contributed by atoms with van der Waals surface area (Å²) in [6.07, 6.45) is 9.65. The average molecular weight is 350 g/mol. The van der Waals surface area contributed by atoms with Gasteiger partial charge in [0.15, 0.2) is 0 Å². The van der Waals surface area contributed by atoms with E-state index < -0.39 is 0 Å². The van der Waals surface area contributed by atoms with Gasteiger partial charge >= 0.3 is 0 Å². The van der Waals surface area contributed by atoms with E-state index in [-0.39, 0.29) is 5.78 Å². The van der Waals surface area contributed by atoms with Gasteiger partial charge in [-0.2, -0.15) is 0 Å². The maximum absolute atomic E-state index is 12.1. The van der Waals surface area contributed by atoms with Crippen molar-refractivity contribution in [2.45, 2.75) is 39.5 Å². The molecule has 0 unspecified atom stereocenters. The van der Waals surface area contributed by atoms with Crippen LogP contribution in [0.15, 0.2) is 73.2 Å². The highest BCUT2D eigenvalue weighted by atomic mass is 16.5. The predicted molar refractivity (Wildman–Crippen MR) is 105 cm³/mol. The van der Waals surface area contributed by atoms with Crippen molar-refractivity contribution in [1.82, 2.24) is 0 Å². The van der Waals surface area contributed by atoms with E-state index in [0.717, 1.165) is 35.5 Å².